The number of carbonyl (C=O) groups excluding carboxylic acids is 1. The number of hydrogen-bond donors (Lipinski definition) is 2. The van der Waals surface area contributed by atoms with Gasteiger partial charge in [0, 0.05) is 40.3 Å². The highest BCUT2D eigenvalue weighted by molar-refractivity contribution is 5.79. The number of benzene rings is 2. The van der Waals surface area contributed by atoms with Crippen LogP contribution in [0, 0.1) is 5.92 Å². The van der Waals surface area contributed by atoms with Crippen molar-refractivity contribution in [1.82, 2.24) is 15.1 Å². The second kappa shape index (κ2) is 11.5. The van der Waals surface area contributed by atoms with Gasteiger partial charge in [0.15, 0.2) is 5.96 Å². The second-order valence-corrected chi connectivity index (χ2v) is 8.40. The topological polar surface area (TPSA) is 83.2 Å². The highest BCUT2D eigenvalue weighted by atomic mass is 16.5. The van der Waals surface area contributed by atoms with Crippen LogP contribution >= 0.6 is 0 Å². The lowest BCUT2D eigenvalue weighted by atomic mass is 9.97. The van der Waals surface area contributed by atoms with Crippen molar-refractivity contribution in [3.63, 3.8) is 0 Å². The number of nitrogens with one attached hydrogen (secondary N) is 1. The fourth-order valence-corrected chi connectivity index (χ4v) is 4.17. The number of likely N-dealkylation sites (tertiary alicyclic amines) is 1. The van der Waals surface area contributed by atoms with Crippen LogP contribution in [0.25, 0.3) is 0 Å². The van der Waals surface area contributed by atoms with E-state index in [4.69, 9.17) is 10.5 Å². The number of hydrogen-bond acceptors (Lipinski definition) is 4. The molecule has 1 unspecified atom stereocenters. The van der Waals surface area contributed by atoms with Gasteiger partial charge in [0.05, 0.1) is 13.0 Å². The minimum absolute atomic E-state index is 0.0295. The van der Waals surface area contributed by atoms with Crippen LogP contribution < -0.4 is 15.8 Å². The molecular formula is C25H35N5O2. The Morgan fingerprint density at radius 3 is 2.66 bits per heavy atom. The Morgan fingerprint density at radius 2 is 1.97 bits per heavy atom. The number of methoxy groups -OCH3 is 1. The number of nitrogens with zero attached hydrogens (tertiary/aromatic N) is 3. The molecular weight excluding hydrogens is 402 g/mol. The number of guanidine groups is 1. The van der Waals surface area contributed by atoms with Gasteiger partial charge in [-0.3, -0.25) is 14.7 Å². The summed E-state index contributed by atoms with van der Waals surface area (Å²) in [5.41, 5.74) is 9.15. The molecule has 172 valence electrons. The Hall–Kier alpha value is -3.06. The smallest absolute Gasteiger partial charge is 0.221 e. The molecule has 0 radical (unpaired) electrons. The minimum atomic E-state index is -0.183. The van der Waals surface area contributed by atoms with Crippen molar-refractivity contribution in [3.8, 4) is 5.75 Å². The lowest BCUT2D eigenvalue weighted by Gasteiger charge is -2.31. The fourth-order valence-electron chi connectivity index (χ4n) is 4.17. The van der Waals surface area contributed by atoms with Crippen molar-refractivity contribution in [2.45, 2.75) is 32.5 Å². The highest BCUT2D eigenvalue weighted by Gasteiger charge is 2.23. The normalized spacial score (nSPS) is 17.1. The molecule has 0 bridgehead atoms. The van der Waals surface area contributed by atoms with Crippen LogP contribution in [0.5, 0.6) is 5.75 Å². The number of rotatable bonds is 8. The van der Waals surface area contributed by atoms with Gasteiger partial charge in [0.25, 0.3) is 0 Å². The third kappa shape index (κ3) is 6.72. The molecule has 1 heterocycles. The second-order valence-electron chi connectivity index (χ2n) is 8.40. The average Bonchev–Trinajstić information content (AvgIpc) is 2.80. The van der Waals surface area contributed by atoms with E-state index in [-0.39, 0.29) is 11.8 Å². The number of ether oxygens (including phenoxy) is 1. The number of amides is 1. The summed E-state index contributed by atoms with van der Waals surface area (Å²) in [5.74, 6) is 1.48. The first kappa shape index (κ1) is 23.6. The lowest BCUT2D eigenvalue weighted by molar-refractivity contribution is -0.123. The summed E-state index contributed by atoms with van der Waals surface area (Å²) in [6, 6.07) is 16.6. The number of piperidine rings is 1. The van der Waals surface area contributed by atoms with Crippen LogP contribution in [-0.2, 0) is 24.4 Å². The zero-order valence-corrected chi connectivity index (χ0v) is 19.4. The number of primary amides is 1. The molecule has 7 nitrogen and oxygen atoms in total. The Balaban J connectivity index is 1.54. The molecule has 0 spiro atoms. The molecule has 3 rings (SSSR count). The zero-order chi connectivity index (χ0) is 22.9. The molecule has 1 aliphatic rings. The predicted octanol–water partition coefficient (Wildman–Crippen LogP) is 2.60. The molecule has 0 aliphatic carbocycles. The Morgan fingerprint density at radius 1 is 1.22 bits per heavy atom. The Kier molecular flexibility index (Phi) is 8.50. The fraction of sp³-hybridized carbons (Fsp3) is 0.440. The van der Waals surface area contributed by atoms with Gasteiger partial charge in [0.1, 0.15) is 5.75 Å². The summed E-state index contributed by atoms with van der Waals surface area (Å²) in [5, 5.41) is 3.46. The van der Waals surface area contributed by atoms with Crippen molar-refractivity contribution in [2.75, 3.05) is 34.3 Å². The van der Waals surface area contributed by atoms with Crippen LogP contribution in [0.15, 0.2) is 53.5 Å². The van der Waals surface area contributed by atoms with Gasteiger partial charge in [-0.1, -0.05) is 36.4 Å². The van der Waals surface area contributed by atoms with E-state index in [1.165, 1.54) is 16.7 Å². The van der Waals surface area contributed by atoms with Gasteiger partial charge in [0.2, 0.25) is 5.91 Å². The lowest BCUT2D eigenvalue weighted by Crippen LogP contribution is -2.40. The van der Waals surface area contributed by atoms with Gasteiger partial charge in [-0.25, -0.2) is 0 Å². The van der Waals surface area contributed by atoms with Gasteiger partial charge in [-0.05, 0) is 48.2 Å². The van der Waals surface area contributed by atoms with Crippen molar-refractivity contribution >= 4 is 11.9 Å². The average molecular weight is 438 g/mol. The molecule has 3 N–H and O–H groups in total. The van der Waals surface area contributed by atoms with Crippen molar-refractivity contribution in [3.05, 3.63) is 65.2 Å². The van der Waals surface area contributed by atoms with Crippen molar-refractivity contribution < 1.29 is 9.53 Å². The molecule has 32 heavy (non-hydrogen) atoms. The van der Waals surface area contributed by atoms with E-state index in [0.29, 0.717) is 6.54 Å². The summed E-state index contributed by atoms with van der Waals surface area (Å²) >= 11 is 0. The van der Waals surface area contributed by atoms with Gasteiger partial charge >= 0.3 is 0 Å². The zero-order valence-electron chi connectivity index (χ0n) is 19.4. The number of nitrogens with two attached hydrogens (primary N) is 1. The molecule has 2 aromatic rings. The van der Waals surface area contributed by atoms with E-state index < -0.39 is 0 Å². The number of carbonyl (C=O) groups is 1. The molecule has 0 saturated carbocycles. The molecule has 1 saturated heterocycles. The maximum Gasteiger partial charge on any atom is 0.221 e. The standard InChI is InChI=1S/C25H35N5O2/c1-27-25(29(2)16-19-9-11-23(32-3)12-10-19)28-15-20-6-4-7-21(14-20)17-30-13-5-8-22(18-30)24(26)31/h4,6-7,9-12,14,22H,5,8,13,15-18H2,1-3H3,(H2,26,31)(H,27,28). The molecule has 1 aliphatic heterocycles. The van der Waals surface area contributed by atoms with Gasteiger partial charge in [-0.2, -0.15) is 0 Å². The van der Waals surface area contributed by atoms with E-state index in [1.807, 2.05) is 19.2 Å². The highest BCUT2D eigenvalue weighted by Crippen LogP contribution is 2.19. The van der Waals surface area contributed by atoms with Crippen molar-refractivity contribution in [1.29, 1.82) is 0 Å². The van der Waals surface area contributed by atoms with Crippen LogP contribution in [0.2, 0.25) is 0 Å². The van der Waals surface area contributed by atoms with Crippen LogP contribution in [0.4, 0.5) is 0 Å². The SMILES string of the molecule is CN=C(NCc1cccc(CN2CCCC(C(N)=O)C2)c1)N(C)Cc1ccc(OC)cc1. The Bertz CT molecular complexity index is 913. The largest absolute Gasteiger partial charge is 0.497 e. The minimum Gasteiger partial charge on any atom is -0.497 e. The number of aliphatic imine (C=N–C) groups is 1. The summed E-state index contributed by atoms with van der Waals surface area (Å²) in [6.45, 7) is 4.04. The molecule has 0 aromatic heterocycles. The van der Waals surface area contributed by atoms with Gasteiger partial charge < -0.3 is 20.7 Å². The summed E-state index contributed by atoms with van der Waals surface area (Å²) in [7, 11) is 5.50. The first-order valence-corrected chi connectivity index (χ1v) is 11.1. The molecule has 1 amide bonds. The maximum atomic E-state index is 11.5. The van der Waals surface area contributed by atoms with Crippen LogP contribution in [0.3, 0.4) is 0 Å². The third-order valence-corrected chi connectivity index (χ3v) is 5.91. The monoisotopic (exact) mass is 437 g/mol. The van der Waals surface area contributed by atoms with Crippen molar-refractivity contribution in [2.24, 2.45) is 16.6 Å². The van der Waals surface area contributed by atoms with E-state index in [9.17, 15) is 4.79 Å². The molecule has 2 aromatic carbocycles. The van der Waals surface area contributed by atoms with Gasteiger partial charge in [-0.15, -0.1) is 0 Å². The van der Waals surface area contributed by atoms with E-state index in [2.05, 4.69) is 56.5 Å². The summed E-state index contributed by atoms with van der Waals surface area (Å²) in [6.07, 6.45) is 1.92. The molecule has 1 fully saturated rings. The third-order valence-electron chi connectivity index (χ3n) is 5.91. The summed E-state index contributed by atoms with van der Waals surface area (Å²) in [4.78, 5) is 20.4. The Labute approximate surface area is 191 Å². The predicted molar refractivity (Wildman–Crippen MR) is 128 cm³/mol. The maximum absolute atomic E-state index is 11.5. The van der Waals surface area contributed by atoms with Crippen LogP contribution in [0.1, 0.15) is 29.5 Å². The molecule has 7 heteroatoms. The van der Waals surface area contributed by atoms with E-state index in [0.717, 1.165) is 50.7 Å². The summed E-state index contributed by atoms with van der Waals surface area (Å²) < 4.78 is 5.23. The first-order valence-electron chi connectivity index (χ1n) is 11.1. The van der Waals surface area contributed by atoms with Crippen LogP contribution in [-0.4, -0.2) is 56.0 Å². The van der Waals surface area contributed by atoms with E-state index >= 15 is 0 Å². The molecule has 1 atom stereocenters. The van der Waals surface area contributed by atoms with E-state index in [1.54, 1.807) is 14.2 Å². The first-order chi connectivity index (χ1) is 15.5. The quantitative estimate of drug-likeness (QED) is 0.490.